The van der Waals surface area contributed by atoms with Gasteiger partial charge in [0.25, 0.3) is 0 Å². The first-order valence-electron chi connectivity index (χ1n) is 6.22. The zero-order chi connectivity index (χ0) is 17.3. The monoisotopic (exact) mass is 367 g/mol. The number of aromatic nitrogens is 2. The van der Waals surface area contributed by atoms with Crippen LogP contribution in [0.3, 0.4) is 0 Å². The van der Waals surface area contributed by atoms with Crippen molar-refractivity contribution >= 4 is 32.1 Å². The minimum absolute atomic E-state index is 0.00103. The van der Waals surface area contributed by atoms with Crippen LogP contribution in [-0.4, -0.2) is 36.5 Å². The highest BCUT2D eigenvalue weighted by Crippen LogP contribution is 2.34. The molecule has 0 bridgehead atoms. The van der Waals surface area contributed by atoms with Crippen molar-refractivity contribution < 1.29 is 26.4 Å². The van der Waals surface area contributed by atoms with Crippen LogP contribution in [-0.2, 0) is 14.6 Å². The molecule has 0 spiro atoms. The lowest BCUT2D eigenvalue weighted by molar-refractivity contribution is -0.174. The Kier molecular flexibility index (Phi) is 4.80. The fourth-order valence-corrected chi connectivity index (χ4v) is 3.94. The van der Waals surface area contributed by atoms with Crippen LogP contribution >= 0.6 is 11.3 Å². The van der Waals surface area contributed by atoms with Crippen molar-refractivity contribution in [2.45, 2.75) is 23.5 Å². The Labute approximate surface area is 133 Å². The summed E-state index contributed by atoms with van der Waals surface area (Å²) in [4.78, 5) is 11.8. The minimum Gasteiger partial charge on any atom is -0.317 e. The number of hydrogen-bond acceptors (Lipinski definition) is 5. The van der Waals surface area contributed by atoms with Gasteiger partial charge in [-0.2, -0.15) is 18.3 Å². The van der Waals surface area contributed by atoms with Gasteiger partial charge in [0.05, 0.1) is 6.42 Å². The van der Waals surface area contributed by atoms with Crippen molar-refractivity contribution in [3.05, 3.63) is 29.9 Å². The van der Waals surface area contributed by atoms with Gasteiger partial charge in [-0.3, -0.25) is 9.48 Å². The van der Waals surface area contributed by atoms with E-state index in [1.54, 1.807) is 0 Å². The Balaban J connectivity index is 2.17. The second-order valence-corrected chi connectivity index (χ2v) is 7.58. The van der Waals surface area contributed by atoms with E-state index >= 15 is 0 Å². The Bertz CT molecular complexity index is 782. The first kappa shape index (κ1) is 17.5. The number of hydrogen-bond donors (Lipinski definition) is 1. The molecule has 2 aromatic heterocycles. The largest absolute Gasteiger partial charge is 0.411 e. The molecule has 1 unspecified atom stereocenters. The molecule has 1 amide bonds. The van der Waals surface area contributed by atoms with Gasteiger partial charge in [0.2, 0.25) is 5.91 Å². The molecule has 0 aromatic carbocycles. The molecule has 0 fully saturated rings. The lowest BCUT2D eigenvalue weighted by Gasteiger charge is -2.20. The summed E-state index contributed by atoms with van der Waals surface area (Å²) < 4.78 is 62.9. The van der Waals surface area contributed by atoms with Crippen molar-refractivity contribution in [3.63, 3.8) is 0 Å². The van der Waals surface area contributed by atoms with Gasteiger partial charge >= 0.3 is 6.18 Å². The van der Waals surface area contributed by atoms with Crippen LogP contribution in [0.5, 0.6) is 0 Å². The van der Waals surface area contributed by atoms with E-state index in [0.29, 0.717) is 4.68 Å². The average Bonchev–Trinajstić information content (AvgIpc) is 3.04. The number of halogens is 3. The SMILES string of the molecule is CS(=O)(=O)c1ccsc1NC(=O)CC(n1cccn1)C(F)(F)F. The molecule has 1 atom stereocenters. The standard InChI is InChI=1S/C12H12F3N3O3S2/c1-23(20,21)8-3-6-22-11(8)17-10(19)7-9(12(13,14)15)18-5-2-4-16-18/h2-6,9H,7H2,1H3,(H,17,19). The van der Waals surface area contributed by atoms with Gasteiger partial charge in [-0.05, 0) is 17.5 Å². The normalized spacial score (nSPS) is 13.7. The number of amides is 1. The molecule has 2 rings (SSSR count). The van der Waals surface area contributed by atoms with Crippen LogP contribution in [0.25, 0.3) is 0 Å². The fourth-order valence-electron chi connectivity index (χ4n) is 1.86. The maximum Gasteiger partial charge on any atom is 0.411 e. The fraction of sp³-hybridized carbons (Fsp3) is 0.333. The van der Waals surface area contributed by atoms with Gasteiger partial charge in [0.15, 0.2) is 15.9 Å². The molecule has 23 heavy (non-hydrogen) atoms. The number of carbonyl (C=O) groups is 1. The minimum atomic E-state index is -4.67. The summed E-state index contributed by atoms with van der Waals surface area (Å²) in [5, 5.41) is 7.16. The van der Waals surface area contributed by atoms with Crippen molar-refractivity contribution in [3.8, 4) is 0 Å². The van der Waals surface area contributed by atoms with Gasteiger partial charge < -0.3 is 5.32 Å². The summed E-state index contributed by atoms with van der Waals surface area (Å²) in [7, 11) is -3.58. The molecule has 126 valence electrons. The first-order chi connectivity index (χ1) is 10.6. The highest BCUT2D eigenvalue weighted by Gasteiger charge is 2.42. The quantitative estimate of drug-likeness (QED) is 0.880. The Morgan fingerprint density at radius 3 is 2.70 bits per heavy atom. The summed E-state index contributed by atoms with van der Waals surface area (Å²) in [6, 6.07) is 0.473. The molecule has 0 aliphatic rings. The zero-order valence-electron chi connectivity index (χ0n) is 11.7. The topological polar surface area (TPSA) is 81.1 Å². The van der Waals surface area contributed by atoms with Gasteiger partial charge in [-0.25, -0.2) is 8.42 Å². The summed E-state index contributed by atoms with van der Waals surface area (Å²) in [5.74, 6) is -0.949. The summed E-state index contributed by atoms with van der Waals surface area (Å²) in [6.07, 6.45) is -2.34. The van der Waals surface area contributed by atoms with Gasteiger partial charge in [0, 0.05) is 18.6 Å². The van der Waals surface area contributed by atoms with E-state index in [1.807, 2.05) is 0 Å². The molecular weight excluding hydrogens is 355 g/mol. The summed E-state index contributed by atoms with van der Waals surface area (Å²) >= 11 is 0.922. The van der Waals surface area contributed by atoms with E-state index in [1.165, 1.54) is 23.7 Å². The molecule has 2 aromatic rings. The number of nitrogens with one attached hydrogen (secondary N) is 1. The van der Waals surface area contributed by atoms with E-state index in [9.17, 15) is 26.4 Å². The van der Waals surface area contributed by atoms with Crippen molar-refractivity contribution in [2.24, 2.45) is 0 Å². The van der Waals surface area contributed by atoms with Crippen LogP contribution in [0.2, 0.25) is 0 Å². The van der Waals surface area contributed by atoms with E-state index in [-0.39, 0.29) is 9.90 Å². The second-order valence-electron chi connectivity index (χ2n) is 4.68. The molecule has 0 radical (unpaired) electrons. The van der Waals surface area contributed by atoms with Crippen molar-refractivity contribution in [1.82, 2.24) is 9.78 Å². The Hall–Kier alpha value is -1.88. The van der Waals surface area contributed by atoms with Crippen molar-refractivity contribution in [2.75, 3.05) is 11.6 Å². The third kappa shape index (κ3) is 4.32. The molecule has 2 heterocycles. The van der Waals surface area contributed by atoms with E-state index in [2.05, 4.69) is 10.4 Å². The second kappa shape index (κ2) is 6.32. The third-order valence-corrected chi connectivity index (χ3v) is 4.98. The molecular formula is C12H12F3N3O3S2. The van der Waals surface area contributed by atoms with Crippen LogP contribution in [0.1, 0.15) is 12.5 Å². The number of rotatable bonds is 5. The molecule has 0 aliphatic heterocycles. The summed E-state index contributed by atoms with van der Waals surface area (Å²) in [5.41, 5.74) is 0. The van der Waals surface area contributed by atoms with Crippen LogP contribution in [0, 0.1) is 0 Å². The number of thiophene rings is 1. The lowest BCUT2D eigenvalue weighted by Crippen LogP contribution is -2.31. The lowest BCUT2D eigenvalue weighted by atomic mass is 10.2. The van der Waals surface area contributed by atoms with Crippen molar-refractivity contribution in [1.29, 1.82) is 0 Å². The predicted octanol–water partition coefficient (Wildman–Crippen LogP) is 2.48. The van der Waals surface area contributed by atoms with E-state index < -0.39 is 34.4 Å². The Morgan fingerprint density at radius 1 is 1.48 bits per heavy atom. The highest BCUT2D eigenvalue weighted by molar-refractivity contribution is 7.91. The average molecular weight is 367 g/mol. The maximum absolute atomic E-state index is 13.1. The smallest absolute Gasteiger partial charge is 0.317 e. The molecule has 1 N–H and O–H groups in total. The van der Waals surface area contributed by atoms with Gasteiger partial charge in [-0.1, -0.05) is 0 Å². The third-order valence-electron chi connectivity index (χ3n) is 2.88. The predicted molar refractivity (Wildman–Crippen MR) is 78.0 cm³/mol. The number of carbonyl (C=O) groups excluding carboxylic acids is 1. The van der Waals surface area contributed by atoms with E-state index in [4.69, 9.17) is 0 Å². The van der Waals surface area contributed by atoms with E-state index in [0.717, 1.165) is 23.8 Å². The maximum atomic E-state index is 13.1. The molecule has 0 saturated heterocycles. The number of nitrogens with zero attached hydrogens (tertiary/aromatic N) is 2. The van der Waals surface area contributed by atoms with Crippen LogP contribution in [0.15, 0.2) is 34.8 Å². The van der Waals surface area contributed by atoms with Gasteiger partial charge in [0.1, 0.15) is 9.90 Å². The Morgan fingerprint density at radius 2 is 2.17 bits per heavy atom. The number of anilines is 1. The molecule has 11 heteroatoms. The zero-order valence-corrected chi connectivity index (χ0v) is 13.4. The first-order valence-corrected chi connectivity index (χ1v) is 8.99. The van der Waals surface area contributed by atoms with Gasteiger partial charge in [-0.15, -0.1) is 11.3 Å². The molecule has 6 nitrogen and oxygen atoms in total. The number of sulfone groups is 1. The molecule has 0 aliphatic carbocycles. The van der Waals surface area contributed by atoms with Crippen LogP contribution in [0.4, 0.5) is 18.2 Å². The highest BCUT2D eigenvalue weighted by atomic mass is 32.2. The number of alkyl halides is 3. The van der Waals surface area contributed by atoms with Crippen LogP contribution < -0.4 is 5.32 Å². The summed E-state index contributed by atoms with van der Waals surface area (Å²) in [6.45, 7) is 0. The molecule has 0 saturated carbocycles.